The minimum Gasteiger partial charge on any atom is -0.378 e. The number of nitrogens with two attached hydrogens (primary N) is 1. The Hall–Kier alpha value is -1.36. The van der Waals surface area contributed by atoms with E-state index in [1.165, 1.54) is 0 Å². The summed E-state index contributed by atoms with van der Waals surface area (Å²) in [6.45, 7) is 1.40. The number of hydrogen-bond donors (Lipinski definition) is 2. The van der Waals surface area contributed by atoms with Crippen molar-refractivity contribution in [3.63, 3.8) is 0 Å². The maximum absolute atomic E-state index is 5.54. The predicted molar refractivity (Wildman–Crippen MR) is 49.4 cm³/mol. The molecule has 70 valence electrons. The van der Waals surface area contributed by atoms with Gasteiger partial charge in [0.05, 0.1) is 12.3 Å². The van der Waals surface area contributed by atoms with Gasteiger partial charge in [-0.05, 0) is 6.42 Å². The molecule has 2 rings (SSSR count). The molecule has 1 aromatic rings. The molecule has 0 fully saturated rings. The molecule has 5 nitrogen and oxygen atoms in total. The fraction of sp³-hybridized carbons (Fsp3) is 0.500. The molecule has 0 atom stereocenters. The van der Waals surface area contributed by atoms with Gasteiger partial charge in [-0.2, -0.15) is 4.98 Å². The van der Waals surface area contributed by atoms with Crippen LogP contribution in [0.4, 0.5) is 11.8 Å². The summed E-state index contributed by atoms with van der Waals surface area (Å²) in [5, 5.41) is 3.15. The van der Waals surface area contributed by atoms with Crippen LogP contribution in [0.15, 0.2) is 0 Å². The number of methoxy groups -OCH3 is 1. The van der Waals surface area contributed by atoms with Crippen LogP contribution in [-0.4, -0.2) is 23.6 Å². The number of rotatable bonds is 2. The number of hydrogen-bond acceptors (Lipinski definition) is 5. The molecule has 0 amide bonds. The lowest BCUT2D eigenvalue weighted by atomic mass is 10.2. The first-order valence-electron chi connectivity index (χ1n) is 4.19. The number of nitrogens with zero attached hydrogens (tertiary/aromatic N) is 2. The highest BCUT2D eigenvalue weighted by Gasteiger charge is 2.17. The molecule has 0 aromatic carbocycles. The van der Waals surface area contributed by atoms with Crippen LogP contribution in [0.25, 0.3) is 0 Å². The van der Waals surface area contributed by atoms with Crippen LogP contribution in [0.1, 0.15) is 11.3 Å². The van der Waals surface area contributed by atoms with Gasteiger partial charge in [-0.25, -0.2) is 4.98 Å². The SMILES string of the molecule is COCc1nc(N)nc2c1CCN2. The lowest BCUT2D eigenvalue weighted by Crippen LogP contribution is -2.04. The Morgan fingerprint density at radius 2 is 2.38 bits per heavy atom. The van der Waals surface area contributed by atoms with E-state index in [1.54, 1.807) is 7.11 Å². The molecule has 0 saturated heterocycles. The van der Waals surface area contributed by atoms with E-state index in [4.69, 9.17) is 10.5 Å². The number of anilines is 2. The lowest BCUT2D eigenvalue weighted by molar-refractivity contribution is 0.181. The van der Waals surface area contributed by atoms with E-state index in [1.807, 2.05) is 0 Å². The van der Waals surface area contributed by atoms with Crippen molar-refractivity contribution in [1.29, 1.82) is 0 Å². The van der Waals surface area contributed by atoms with Gasteiger partial charge in [0.25, 0.3) is 0 Å². The fourth-order valence-electron chi connectivity index (χ4n) is 1.52. The van der Waals surface area contributed by atoms with Gasteiger partial charge in [0.1, 0.15) is 5.82 Å². The zero-order chi connectivity index (χ0) is 9.26. The molecule has 0 spiro atoms. The highest BCUT2D eigenvalue weighted by atomic mass is 16.5. The molecule has 0 bridgehead atoms. The maximum Gasteiger partial charge on any atom is 0.222 e. The van der Waals surface area contributed by atoms with Crippen molar-refractivity contribution in [2.45, 2.75) is 13.0 Å². The van der Waals surface area contributed by atoms with E-state index in [-0.39, 0.29) is 0 Å². The first-order valence-corrected chi connectivity index (χ1v) is 4.19. The highest BCUT2D eigenvalue weighted by Crippen LogP contribution is 2.23. The largest absolute Gasteiger partial charge is 0.378 e. The molecule has 2 heterocycles. The van der Waals surface area contributed by atoms with E-state index in [0.29, 0.717) is 12.6 Å². The number of ether oxygens (including phenoxy) is 1. The summed E-state index contributed by atoms with van der Waals surface area (Å²) in [6.07, 6.45) is 0.953. The van der Waals surface area contributed by atoms with Crippen LogP contribution in [0, 0.1) is 0 Å². The zero-order valence-electron chi connectivity index (χ0n) is 7.50. The van der Waals surface area contributed by atoms with E-state index >= 15 is 0 Å². The number of fused-ring (bicyclic) bond motifs is 1. The van der Waals surface area contributed by atoms with Crippen LogP contribution in [0.3, 0.4) is 0 Å². The first-order chi connectivity index (χ1) is 6.31. The molecular weight excluding hydrogens is 168 g/mol. The summed E-state index contributed by atoms with van der Waals surface area (Å²) in [7, 11) is 1.65. The van der Waals surface area contributed by atoms with E-state index in [9.17, 15) is 0 Å². The van der Waals surface area contributed by atoms with Crippen molar-refractivity contribution >= 4 is 11.8 Å². The molecule has 13 heavy (non-hydrogen) atoms. The topological polar surface area (TPSA) is 73.1 Å². The van der Waals surface area contributed by atoms with Crippen molar-refractivity contribution in [3.05, 3.63) is 11.3 Å². The average molecular weight is 180 g/mol. The third-order valence-corrected chi connectivity index (χ3v) is 2.06. The summed E-state index contributed by atoms with van der Waals surface area (Å²) in [5.41, 5.74) is 7.58. The Morgan fingerprint density at radius 1 is 1.54 bits per heavy atom. The van der Waals surface area contributed by atoms with Gasteiger partial charge in [-0.15, -0.1) is 0 Å². The molecular formula is C8H12N4O. The summed E-state index contributed by atoms with van der Waals surface area (Å²) in [4.78, 5) is 8.23. The molecule has 0 aliphatic carbocycles. The van der Waals surface area contributed by atoms with Gasteiger partial charge < -0.3 is 15.8 Å². The van der Waals surface area contributed by atoms with E-state index in [2.05, 4.69) is 15.3 Å². The van der Waals surface area contributed by atoms with Crippen molar-refractivity contribution in [1.82, 2.24) is 9.97 Å². The monoisotopic (exact) mass is 180 g/mol. The third-order valence-electron chi connectivity index (χ3n) is 2.06. The standard InChI is InChI=1S/C8H12N4O/c1-13-4-6-5-2-3-10-7(5)12-8(9)11-6/h2-4H2,1H3,(H3,9,10,11,12). The van der Waals surface area contributed by atoms with Crippen LogP contribution >= 0.6 is 0 Å². The van der Waals surface area contributed by atoms with Crippen LogP contribution in [0.5, 0.6) is 0 Å². The van der Waals surface area contributed by atoms with Gasteiger partial charge >= 0.3 is 0 Å². The molecule has 0 saturated carbocycles. The summed E-state index contributed by atoms with van der Waals surface area (Å²) >= 11 is 0. The molecule has 3 N–H and O–H groups in total. The Morgan fingerprint density at radius 3 is 3.15 bits per heavy atom. The normalized spacial score (nSPS) is 13.9. The van der Waals surface area contributed by atoms with Gasteiger partial charge in [0.2, 0.25) is 5.95 Å². The second kappa shape index (κ2) is 3.18. The van der Waals surface area contributed by atoms with Crippen molar-refractivity contribution < 1.29 is 4.74 Å². The number of aromatic nitrogens is 2. The minimum absolute atomic E-state index is 0.306. The van der Waals surface area contributed by atoms with Crippen molar-refractivity contribution in [2.24, 2.45) is 0 Å². The zero-order valence-corrected chi connectivity index (χ0v) is 7.50. The molecule has 5 heteroatoms. The van der Waals surface area contributed by atoms with Crippen LogP contribution in [0.2, 0.25) is 0 Å². The van der Waals surface area contributed by atoms with Gasteiger partial charge in [-0.3, -0.25) is 0 Å². The molecule has 0 radical (unpaired) electrons. The highest BCUT2D eigenvalue weighted by molar-refractivity contribution is 5.53. The smallest absolute Gasteiger partial charge is 0.222 e. The first kappa shape index (κ1) is 8.25. The van der Waals surface area contributed by atoms with Crippen LogP contribution in [-0.2, 0) is 17.8 Å². The summed E-state index contributed by atoms with van der Waals surface area (Å²) in [6, 6.07) is 0. The molecule has 1 aliphatic rings. The number of nitrogen functional groups attached to an aromatic ring is 1. The molecule has 1 aliphatic heterocycles. The lowest BCUT2D eigenvalue weighted by Gasteiger charge is -2.05. The van der Waals surface area contributed by atoms with Gasteiger partial charge in [0, 0.05) is 19.2 Å². The molecule has 1 aromatic heterocycles. The summed E-state index contributed by atoms with van der Waals surface area (Å²) in [5.74, 6) is 1.17. The van der Waals surface area contributed by atoms with Gasteiger partial charge in [0.15, 0.2) is 0 Å². The van der Waals surface area contributed by atoms with Crippen molar-refractivity contribution in [2.75, 3.05) is 24.7 Å². The van der Waals surface area contributed by atoms with Crippen molar-refractivity contribution in [3.8, 4) is 0 Å². The summed E-state index contributed by atoms with van der Waals surface area (Å²) < 4.78 is 5.03. The number of nitrogens with one attached hydrogen (secondary N) is 1. The van der Waals surface area contributed by atoms with E-state index < -0.39 is 0 Å². The Bertz CT molecular complexity index is 326. The third kappa shape index (κ3) is 1.42. The van der Waals surface area contributed by atoms with E-state index in [0.717, 1.165) is 30.0 Å². The maximum atomic E-state index is 5.54. The second-order valence-corrected chi connectivity index (χ2v) is 2.97. The predicted octanol–water partition coefficient (Wildman–Crippen LogP) is 0.173. The minimum atomic E-state index is 0.306. The second-order valence-electron chi connectivity index (χ2n) is 2.97. The quantitative estimate of drug-likeness (QED) is 0.679. The van der Waals surface area contributed by atoms with Crippen LogP contribution < -0.4 is 11.1 Å². The fourth-order valence-corrected chi connectivity index (χ4v) is 1.52. The Balaban J connectivity index is 2.43. The van der Waals surface area contributed by atoms with Gasteiger partial charge in [-0.1, -0.05) is 0 Å². The average Bonchev–Trinajstić information content (AvgIpc) is 2.52. The Kier molecular flexibility index (Phi) is 2.02. The Labute approximate surface area is 76.3 Å². The molecule has 0 unspecified atom stereocenters.